The summed E-state index contributed by atoms with van der Waals surface area (Å²) in [5.74, 6) is 0. The summed E-state index contributed by atoms with van der Waals surface area (Å²) < 4.78 is 0.724. The summed E-state index contributed by atoms with van der Waals surface area (Å²) in [5, 5.41) is 12.6. The highest BCUT2D eigenvalue weighted by molar-refractivity contribution is 4.54. The molecule has 0 spiro atoms. The Morgan fingerprint density at radius 1 is 1.62 bits per heavy atom. The summed E-state index contributed by atoms with van der Waals surface area (Å²) >= 11 is 0. The fourth-order valence-electron chi connectivity index (χ4n) is 0.548. The maximum absolute atomic E-state index is 9.34. The summed E-state index contributed by atoms with van der Waals surface area (Å²) in [6.45, 7) is 0.863. The molecule has 1 unspecified atom stereocenters. The van der Waals surface area contributed by atoms with Gasteiger partial charge in [-0.25, -0.2) is 0 Å². The van der Waals surface area contributed by atoms with Gasteiger partial charge in [0.1, 0.15) is 0 Å². The molecular formula is C4H9NO3. The van der Waals surface area contributed by atoms with E-state index >= 15 is 0 Å². The van der Waals surface area contributed by atoms with Crippen LogP contribution < -0.4 is 5.26 Å². The predicted molar refractivity (Wildman–Crippen MR) is 22.9 cm³/mol. The van der Waals surface area contributed by atoms with Crippen molar-refractivity contribution in [3.63, 3.8) is 0 Å². The highest BCUT2D eigenvalue weighted by Crippen LogP contribution is 2.24. The molecule has 1 aliphatic rings. The molecule has 0 aromatic heterocycles. The fraction of sp³-hybridized carbons (Fsp3) is 1.00. The van der Waals surface area contributed by atoms with Crippen molar-refractivity contribution in [1.82, 2.24) is 0 Å². The van der Waals surface area contributed by atoms with Crippen molar-refractivity contribution in [3.8, 4) is 0 Å². The summed E-state index contributed by atoms with van der Waals surface area (Å²) in [5.41, 5.74) is 0. The maximum atomic E-state index is 9.34. The van der Waals surface area contributed by atoms with Crippen molar-refractivity contribution in [1.29, 1.82) is 0 Å². The quantitative estimate of drug-likeness (QED) is 0.195. The number of rotatable bonds is 2. The fourth-order valence-corrected chi connectivity index (χ4v) is 0.548. The summed E-state index contributed by atoms with van der Waals surface area (Å²) in [6, 6.07) is 0. The van der Waals surface area contributed by atoms with Crippen LogP contribution in [0.4, 0.5) is 0 Å². The van der Waals surface area contributed by atoms with Gasteiger partial charge >= 0.3 is 0 Å². The van der Waals surface area contributed by atoms with Crippen molar-refractivity contribution >= 4 is 0 Å². The molecule has 1 heterocycles. The summed E-state index contributed by atoms with van der Waals surface area (Å²) in [7, 11) is 3.92. The zero-order chi connectivity index (χ0) is 6.20. The van der Waals surface area contributed by atoms with Gasteiger partial charge in [0.15, 0.2) is 6.54 Å². The van der Waals surface area contributed by atoms with E-state index in [-0.39, 0.29) is 6.23 Å². The molecule has 8 heavy (non-hydrogen) atoms. The van der Waals surface area contributed by atoms with Crippen molar-refractivity contribution in [2.24, 2.45) is 0 Å². The molecular weight excluding hydrogens is 110 g/mol. The molecule has 0 aromatic carbocycles. The van der Waals surface area contributed by atoms with Crippen LogP contribution in [0.3, 0.4) is 0 Å². The minimum Gasteiger partial charge on any atom is -0.692 e. The van der Waals surface area contributed by atoms with Gasteiger partial charge < -0.3 is 5.26 Å². The normalized spacial score (nSPS) is 32.6. The molecule has 1 atom stereocenters. The third-order valence-corrected chi connectivity index (χ3v) is 1.42. The van der Waals surface area contributed by atoms with E-state index < -0.39 is 0 Å². The topological polar surface area (TPSA) is 41.5 Å². The monoisotopic (exact) mass is 119 g/mol. The Labute approximate surface area is 47.7 Å². The second kappa shape index (κ2) is 1.66. The van der Waals surface area contributed by atoms with Crippen molar-refractivity contribution in [2.45, 2.75) is 6.23 Å². The Hall–Kier alpha value is -0.160. The zero-order valence-electron chi connectivity index (χ0n) is 4.96. The first-order valence-corrected chi connectivity index (χ1v) is 2.45. The van der Waals surface area contributed by atoms with Gasteiger partial charge in [-0.05, 0) is 0 Å². The maximum Gasteiger partial charge on any atom is 0.272 e. The van der Waals surface area contributed by atoms with E-state index in [1.807, 2.05) is 14.1 Å². The van der Waals surface area contributed by atoms with E-state index in [1.54, 1.807) is 0 Å². The van der Waals surface area contributed by atoms with Crippen LogP contribution in [0.2, 0.25) is 0 Å². The van der Waals surface area contributed by atoms with Gasteiger partial charge in [0.05, 0.1) is 14.1 Å². The van der Waals surface area contributed by atoms with Crippen LogP contribution in [-0.2, 0) is 9.93 Å². The Balaban J connectivity index is 2.17. The molecule has 0 saturated carbocycles. The standard InChI is InChI=1S/C4H9NO3/c1-5(2)3-4(5)7-8-6/h4H,3H2,1-2H3. The lowest BCUT2D eigenvalue weighted by Gasteiger charge is -2.06. The average molecular weight is 119 g/mol. The van der Waals surface area contributed by atoms with Crippen molar-refractivity contribution in [3.05, 3.63) is 0 Å². The van der Waals surface area contributed by atoms with Gasteiger partial charge in [0.25, 0.3) is 6.23 Å². The minimum absolute atomic E-state index is 0.0347. The van der Waals surface area contributed by atoms with Gasteiger partial charge in [-0.2, -0.15) is 4.89 Å². The molecule has 0 aromatic rings. The first kappa shape index (κ1) is 5.97. The lowest BCUT2D eigenvalue weighted by Crippen LogP contribution is -2.20. The van der Waals surface area contributed by atoms with Crippen LogP contribution in [0.1, 0.15) is 0 Å². The van der Waals surface area contributed by atoms with Gasteiger partial charge in [-0.3, -0.25) is 9.52 Å². The highest BCUT2D eigenvalue weighted by Gasteiger charge is 2.49. The first-order valence-electron chi connectivity index (χ1n) is 2.45. The van der Waals surface area contributed by atoms with Gasteiger partial charge in [0, 0.05) is 0 Å². The van der Waals surface area contributed by atoms with Crippen LogP contribution in [0.5, 0.6) is 0 Å². The lowest BCUT2D eigenvalue weighted by atomic mass is 10.9. The van der Waals surface area contributed by atoms with Crippen LogP contribution in [0.15, 0.2) is 0 Å². The van der Waals surface area contributed by atoms with Crippen LogP contribution in [0, 0.1) is 0 Å². The molecule has 4 nitrogen and oxygen atoms in total. The molecule has 0 radical (unpaired) electrons. The second-order valence-corrected chi connectivity index (χ2v) is 2.58. The Morgan fingerprint density at radius 3 is 2.25 bits per heavy atom. The van der Waals surface area contributed by atoms with Gasteiger partial charge in [-0.15, -0.1) is 0 Å². The van der Waals surface area contributed by atoms with E-state index in [0.717, 1.165) is 11.0 Å². The molecule has 4 heteroatoms. The van der Waals surface area contributed by atoms with Crippen LogP contribution >= 0.6 is 0 Å². The number of hydrogen-bond donors (Lipinski definition) is 0. The molecule has 1 fully saturated rings. The SMILES string of the molecule is C[N+]1(C)CC1OO[O-]. The molecule has 0 aliphatic carbocycles. The smallest absolute Gasteiger partial charge is 0.272 e. The summed E-state index contributed by atoms with van der Waals surface area (Å²) in [4.78, 5) is 4.28. The van der Waals surface area contributed by atoms with Gasteiger partial charge in [0.2, 0.25) is 0 Å². The Kier molecular flexibility index (Phi) is 1.24. The Morgan fingerprint density at radius 2 is 2.12 bits per heavy atom. The molecule has 0 N–H and O–H groups in total. The summed E-state index contributed by atoms with van der Waals surface area (Å²) in [6.07, 6.45) is -0.0347. The van der Waals surface area contributed by atoms with Crippen LogP contribution in [-0.4, -0.2) is 31.4 Å². The largest absolute Gasteiger partial charge is 0.692 e. The zero-order valence-corrected chi connectivity index (χ0v) is 4.96. The number of hydrogen-bond acceptors (Lipinski definition) is 3. The molecule has 1 rings (SSSR count). The number of quaternary nitrogens is 1. The number of likely N-dealkylation sites (N-methyl/N-ethyl adjacent to an activating group) is 1. The van der Waals surface area contributed by atoms with E-state index in [0.29, 0.717) is 0 Å². The first-order chi connectivity index (χ1) is 3.67. The molecule has 1 saturated heterocycles. The van der Waals surface area contributed by atoms with Gasteiger partial charge in [-0.1, -0.05) is 0 Å². The van der Waals surface area contributed by atoms with E-state index in [1.165, 1.54) is 0 Å². The molecule has 48 valence electrons. The van der Waals surface area contributed by atoms with E-state index in [9.17, 15) is 5.26 Å². The van der Waals surface area contributed by atoms with Crippen LogP contribution in [0.25, 0.3) is 0 Å². The third-order valence-electron chi connectivity index (χ3n) is 1.42. The van der Waals surface area contributed by atoms with Crippen molar-refractivity contribution < 1.29 is 19.7 Å². The number of nitrogens with zero attached hydrogens (tertiary/aromatic N) is 1. The predicted octanol–water partition coefficient (Wildman–Crippen LogP) is -1.37. The lowest BCUT2D eigenvalue weighted by molar-refractivity contribution is -0.859. The molecule has 0 bridgehead atoms. The van der Waals surface area contributed by atoms with E-state index in [4.69, 9.17) is 0 Å². The Bertz CT molecular complexity index is 93.3. The minimum atomic E-state index is -0.0347. The molecule has 0 amide bonds. The highest BCUT2D eigenvalue weighted by atomic mass is 17.5. The van der Waals surface area contributed by atoms with E-state index in [2.05, 4.69) is 9.93 Å². The van der Waals surface area contributed by atoms with Crippen molar-refractivity contribution in [2.75, 3.05) is 20.6 Å². The molecule has 1 aliphatic heterocycles. The third kappa shape index (κ3) is 0.976. The average Bonchev–Trinajstić information content (AvgIpc) is 2.15. The second-order valence-electron chi connectivity index (χ2n) is 2.58.